The van der Waals surface area contributed by atoms with Crippen LogP contribution in [0.5, 0.6) is 11.5 Å². The van der Waals surface area contributed by atoms with Crippen LogP contribution in [-0.4, -0.2) is 39.6 Å². The Kier molecular flexibility index (Phi) is 8.63. The summed E-state index contributed by atoms with van der Waals surface area (Å²) < 4.78 is 13.6. The van der Waals surface area contributed by atoms with Crippen molar-refractivity contribution < 1.29 is 14.3 Å². The lowest BCUT2D eigenvalue weighted by Gasteiger charge is -2.22. The topological polar surface area (TPSA) is 78.3 Å². The number of benzene rings is 1. The van der Waals surface area contributed by atoms with Crippen LogP contribution in [-0.2, 0) is 11.3 Å². The molecule has 1 heterocycles. The lowest BCUT2D eigenvalue weighted by atomic mass is 9.95. The second-order valence-electron chi connectivity index (χ2n) is 8.45. The molecule has 3 rings (SSSR count). The van der Waals surface area contributed by atoms with Crippen molar-refractivity contribution in [3.63, 3.8) is 0 Å². The number of amides is 1. The maximum absolute atomic E-state index is 12.4. The van der Waals surface area contributed by atoms with Gasteiger partial charge < -0.3 is 19.4 Å². The first-order valence-electron chi connectivity index (χ1n) is 11.1. The van der Waals surface area contributed by atoms with E-state index < -0.39 is 0 Å². The van der Waals surface area contributed by atoms with Gasteiger partial charge in [0, 0.05) is 12.6 Å². The molecule has 0 bridgehead atoms. The molecular weight excluding hydrogens is 412 g/mol. The number of rotatable bonds is 10. The van der Waals surface area contributed by atoms with Crippen LogP contribution in [0.15, 0.2) is 29.4 Å². The number of carbonyl (C=O) groups is 1. The van der Waals surface area contributed by atoms with Gasteiger partial charge in [0.05, 0.1) is 12.9 Å². The van der Waals surface area contributed by atoms with Crippen LogP contribution in [0.2, 0.25) is 0 Å². The number of hydrogen-bond acceptors (Lipinski definition) is 6. The Morgan fingerprint density at radius 2 is 1.87 bits per heavy atom. The van der Waals surface area contributed by atoms with Gasteiger partial charge in [0.1, 0.15) is 0 Å². The number of ether oxygens (including phenoxy) is 2. The highest BCUT2D eigenvalue weighted by molar-refractivity contribution is 7.99. The summed E-state index contributed by atoms with van der Waals surface area (Å²) in [6.45, 7) is 7.02. The largest absolute Gasteiger partial charge is 0.493 e. The second-order valence-corrected chi connectivity index (χ2v) is 9.39. The van der Waals surface area contributed by atoms with E-state index in [1.807, 2.05) is 31.2 Å². The van der Waals surface area contributed by atoms with Crippen molar-refractivity contribution in [2.24, 2.45) is 5.92 Å². The maximum Gasteiger partial charge on any atom is 0.230 e. The highest BCUT2D eigenvalue weighted by Crippen LogP contribution is 2.31. The number of nitrogens with one attached hydrogen (secondary N) is 1. The molecule has 1 fully saturated rings. The molecule has 1 amide bonds. The number of thioether (sulfide) groups is 1. The zero-order valence-electron chi connectivity index (χ0n) is 19.0. The molecule has 1 N–H and O–H groups in total. The quantitative estimate of drug-likeness (QED) is 0.537. The Morgan fingerprint density at radius 1 is 1.16 bits per heavy atom. The summed E-state index contributed by atoms with van der Waals surface area (Å²) in [6, 6.07) is 7.89. The molecule has 1 aliphatic rings. The number of para-hydroxylation sites is 2. The molecular formula is C23H34N4O3S. The molecule has 8 heteroatoms. The normalized spacial score (nSPS) is 15.6. The molecule has 0 radical (unpaired) electrons. The third-order valence-electron chi connectivity index (χ3n) is 5.33. The fourth-order valence-electron chi connectivity index (χ4n) is 3.85. The lowest BCUT2D eigenvalue weighted by Crippen LogP contribution is -2.37. The summed E-state index contributed by atoms with van der Waals surface area (Å²) >= 11 is 1.43. The molecule has 7 nitrogen and oxygen atoms in total. The van der Waals surface area contributed by atoms with E-state index in [0.717, 1.165) is 30.4 Å². The second kappa shape index (κ2) is 11.4. The van der Waals surface area contributed by atoms with Gasteiger partial charge in [-0.05, 0) is 37.8 Å². The van der Waals surface area contributed by atoms with Gasteiger partial charge in [-0.15, -0.1) is 10.2 Å². The van der Waals surface area contributed by atoms with Crippen molar-refractivity contribution in [1.82, 2.24) is 20.1 Å². The highest BCUT2D eigenvalue weighted by atomic mass is 32.2. The van der Waals surface area contributed by atoms with E-state index in [0.29, 0.717) is 29.2 Å². The average Bonchev–Trinajstić information content (AvgIpc) is 3.15. The van der Waals surface area contributed by atoms with Crippen LogP contribution in [0.25, 0.3) is 0 Å². The molecule has 170 valence electrons. The van der Waals surface area contributed by atoms with E-state index in [1.54, 1.807) is 7.11 Å². The van der Waals surface area contributed by atoms with Crippen LogP contribution in [0.4, 0.5) is 0 Å². The first-order valence-corrected chi connectivity index (χ1v) is 12.1. The Balaban J connectivity index is 1.67. The molecule has 1 saturated carbocycles. The van der Waals surface area contributed by atoms with E-state index in [-0.39, 0.29) is 12.0 Å². The fraction of sp³-hybridized carbons (Fsp3) is 0.609. The molecule has 1 aliphatic carbocycles. The van der Waals surface area contributed by atoms with Gasteiger partial charge in [-0.1, -0.05) is 57.0 Å². The van der Waals surface area contributed by atoms with Crippen molar-refractivity contribution in [3.8, 4) is 11.5 Å². The van der Waals surface area contributed by atoms with Gasteiger partial charge in [-0.3, -0.25) is 4.79 Å². The third kappa shape index (κ3) is 6.63. The van der Waals surface area contributed by atoms with Gasteiger partial charge in [0.2, 0.25) is 5.91 Å². The molecule has 1 atom stereocenters. The Hall–Kier alpha value is -2.22. The molecule has 31 heavy (non-hydrogen) atoms. The van der Waals surface area contributed by atoms with Gasteiger partial charge in [0.15, 0.2) is 28.6 Å². The smallest absolute Gasteiger partial charge is 0.230 e. The minimum atomic E-state index is -0.312. The summed E-state index contributed by atoms with van der Waals surface area (Å²) in [7, 11) is 1.63. The number of nitrogens with zero attached hydrogens (tertiary/aromatic N) is 3. The zero-order valence-corrected chi connectivity index (χ0v) is 19.8. The monoisotopic (exact) mass is 446 g/mol. The van der Waals surface area contributed by atoms with Crippen molar-refractivity contribution in [3.05, 3.63) is 30.1 Å². The summed E-state index contributed by atoms with van der Waals surface area (Å²) in [6.07, 6.45) is 5.54. The summed E-state index contributed by atoms with van der Waals surface area (Å²) in [5.41, 5.74) is 0. The molecule has 0 saturated heterocycles. The minimum Gasteiger partial charge on any atom is -0.493 e. The van der Waals surface area contributed by atoms with Crippen molar-refractivity contribution in [2.45, 2.75) is 76.7 Å². The van der Waals surface area contributed by atoms with Crippen molar-refractivity contribution in [2.75, 3.05) is 12.9 Å². The van der Waals surface area contributed by atoms with Crippen LogP contribution in [0.3, 0.4) is 0 Å². The molecule has 0 aliphatic heterocycles. The first-order chi connectivity index (χ1) is 15.0. The zero-order chi connectivity index (χ0) is 22.2. The van der Waals surface area contributed by atoms with Gasteiger partial charge in [-0.2, -0.15) is 0 Å². The molecule has 1 unspecified atom stereocenters. The third-order valence-corrected chi connectivity index (χ3v) is 6.30. The van der Waals surface area contributed by atoms with Crippen LogP contribution < -0.4 is 14.8 Å². The van der Waals surface area contributed by atoms with E-state index in [4.69, 9.17) is 9.47 Å². The Labute approximate surface area is 189 Å². The van der Waals surface area contributed by atoms with Crippen LogP contribution in [0.1, 0.15) is 64.8 Å². The van der Waals surface area contributed by atoms with Gasteiger partial charge in [0.25, 0.3) is 0 Å². The minimum absolute atomic E-state index is 0.0656. The average molecular weight is 447 g/mol. The van der Waals surface area contributed by atoms with E-state index >= 15 is 0 Å². The predicted molar refractivity (Wildman–Crippen MR) is 123 cm³/mol. The number of methoxy groups -OCH3 is 1. The molecule has 0 spiro atoms. The molecule has 2 aromatic rings. The van der Waals surface area contributed by atoms with Crippen molar-refractivity contribution >= 4 is 17.7 Å². The van der Waals surface area contributed by atoms with Gasteiger partial charge >= 0.3 is 0 Å². The first kappa shape index (κ1) is 23.4. The lowest BCUT2D eigenvalue weighted by molar-refractivity contribution is -0.119. The number of hydrogen-bond donors (Lipinski definition) is 1. The maximum atomic E-state index is 12.4. The van der Waals surface area contributed by atoms with Crippen molar-refractivity contribution in [1.29, 1.82) is 0 Å². The highest BCUT2D eigenvalue weighted by Gasteiger charge is 2.22. The van der Waals surface area contributed by atoms with E-state index in [9.17, 15) is 4.79 Å². The molecule has 1 aromatic carbocycles. The summed E-state index contributed by atoms with van der Waals surface area (Å²) in [4.78, 5) is 12.4. The van der Waals surface area contributed by atoms with Gasteiger partial charge in [-0.25, -0.2) is 0 Å². The fourth-order valence-corrected chi connectivity index (χ4v) is 4.62. The SMILES string of the molecule is COc1ccccc1OC(C)c1nnc(SCC(=O)NC2CCCCC2)n1CC(C)C. The van der Waals surface area contributed by atoms with Crippen LogP contribution in [0, 0.1) is 5.92 Å². The summed E-state index contributed by atoms with van der Waals surface area (Å²) in [5.74, 6) is 2.90. The number of aromatic nitrogens is 3. The van der Waals surface area contributed by atoms with E-state index in [1.165, 1.54) is 31.0 Å². The van der Waals surface area contributed by atoms with Crippen LogP contribution >= 0.6 is 11.8 Å². The predicted octanol–water partition coefficient (Wildman–Crippen LogP) is 4.62. The number of carbonyl (C=O) groups excluding carboxylic acids is 1. The van der Waals surface area contributed by atoms with E-state index in [2.05, 4.69) is 33.9 Å². The summed E-state index contributed by atoms with van der Waals surface area (Å²) in [5, 5.41) is 12.7. The Bertz CT molecular complexity index is 849. The standard InChI is InChI=1S/C23H34N4O3S/c1-16(2)14-27-22(17(3)30-20-13-9-8-12-19(20)29-4)25-26-23(27)31-15-21(28)24-18-10-6-5-7-11-18/h8-9,12-13,16-18H,5-7,10-11,14-15H2,1-4H3,(H,24,28). The molecule has 1 aromatic heterocycles. The Morgan fingerprint density at radius 3 is 2.55 bits per heavy atom.